The molecule has 2 aliphatic heterocycles. The minimum atomic E-state index is -4.93. The zero-order valence-corrected chi connectivity index (χ0v) is 21.7. The van der Waals surface area contributed by atoms with Crippen LogP contribution in [0.4, 0.5) is 26.3 Å². The molecule has 206 valence electrons. The van der Waals surface area contributed by atoms with Crippen molar-refractivity contribution in [1.29, 1.82) is 0 Å². The van der Waals surface area contributed by atoms with Crippen molar-refractivity contribution in [3.8, 4) is 0 Å². The number of carbonyl (C=O) groups excluding carboxylic acids is 1. The maximum absolute atomic E-state index is 14.2. The Morgan fingerprint density at radius 2 is 1.71 bits per heavy atom. The van der Waals surface area contributed by atoms with Crippen molar-refractivity contribution in [2.24, 2.45) is 5.16 Å². The molecule has 38 heavy (non-hydrogen) atoms. The summed E-state index contributed by atoms with van der Waals surface area (Å²) in [6, 6.07) is 6.92. The number of carbonyl (C=O) groups is 1. The summed E-state index contributed by atoms with van der Waals surface area (Å²) in [4.78, 5) is 17.5. The molecule has 4 rings (SSSR count). The van der Waals surface area contributed by atoms with Crippen LogP contribution in [0.1, 0.15) is 29.5 Å². The SMILES string of the molecule is Cc1cc(C2=NOC(c3cc(Cl)cc(Cl)c3)(C(F)(F)F)C2)ccc1S(=O)(=O)C1CCN(CC(F)(F)F)C1=O. The van der Waals surface area contributed by atoms with Gasteiger partial charge in [0.1, 0.15) is 11.8 Å². The molecule has 0 spiro atoms. The monoisotopic (exact) mass is 602 g/mol. The lowest BCUT2D eigenvalue weighted by Gasteiger charge is -2.29. The first-order valence-corrected chi connectivity index (χ1v) is 13.2. The summed E-state index contributed by atoms with van der Waals surface area (Å²) in [5.41, 5.74) is -3.22. The van der Waals surface area contributed by atoms with Crippen LogP contribution in [0.5, 0.6) is 0 Å². The number of likely N-dealkylation sites (tertiary alicyclic amines) is 1. The molecule has 0 saturated carbocycles. The van der Waals surface area contributed by atoms with E-state index in [4.69, 9.17) is 28.0 Å². The molecule has 2 aliphatic rings. The van der Waals surface area contributed by atoms with Crippen molar-refractivity contribution in [3.63, 3.8) is 0 Å². The molecule has 2 aromatic carbocycles. The Bertz CT molecular complexity index is 1410. The Kier molecular flexibility index (Phi) is 7.20. The summed E-state index contributed by atoms with van der Waals surface area (Å²) >= 11 is 11.8. The van der Waals surface area contributed by atoms with Gasteiger partial charge in [-0.2, -0.15) is 26.3 Å². The first-order chi connectivity index (χ1) is 17.4. The molecule has 0 bridgehead atoms. The molecule has 0 radical (unpaired) electrons. The van der Waals surface area contributed by atoms with Gasteiger partial charge in [-0.05, 0) is 54.8 Å². The van der Waals surface area contributed by atoms with E-state index < -0.39 is 51.9 Å². The predicted molar refractivity (Wildman–Crippen MR) is 126 cm³/mol. The fraction of sp³-hybridized carbons (Fsp3) is 0.391. The minimum Gasteiger partial charge on any atom is -0.374 e. The van der Waals surface area contributed by atoms with E-state index in [0.717, 1.165) is 18.2 Å². The fourth-order valence-corrected chi connectivity index (χ4v) is 6.95. The number of benzene rings is 2. The number of hydrogen-bond donors (Lipinski definition) is 0. The van der Waals surface area contributed by atoms with Crippen molar-refractivity contribution >= 4 is 44.7 Å². The van der Waals surface area contributed by atoms with Gasteiger partial charge in [0.15, 0.2) is 9.84 Å². The quantitative estimate of drug-likeness (QED) is 0.404. The van der Waals surface area contributed by atoms with Crippen LogP contribution in [-0.4, -0.2) is 55.6 Å². The molecular weight excluding hydrogens is 585 g/mol. The number of alkyl halides is 6. The number of aryl methyl sites for hydroxylation is 1. The summed E-state index contributed by atoms with van der Waals surface area (Å²) in [6.45, 7) is -0.581. The van der Waals surface area contributed by atoms with E-state index in [1.807, 2.05) is 0 Å². The largest absolute Gasteiger partial charge is 0.435 e. The Morgan fingerprint density at radius 3 is 2.26 bits per heavy atom. The average Bonchev–Trinajstić information content (AvgIpc) is 3.37. The highest BCUT2D eigenvalue weighted by molar-refractivity contribution is 7.92. The van der Waals surface area contributed by atoms with Gasteiger partial charge >= 0.3 is 12.4 Å². The highest BCUT2D eigenvalue weighted by Gasteiger charge is 2.62. The van der Waals surface area contributed by atoms with Gasteiger partial charge in [-0.15, -0.1) is 0 Å². The number of rotatable bonds is 5. The van der Waals surface area contributed by atoms with E-state index in [-0.39, 0.29) is 50.3 Å². The average molecular weight is 603 g/mol. The highest BCUT2D eigenvalue weighted by Crippen LogP contribution is 2.49. The Morgan fingerprint density at radius 1 is 1.08 bits per heavy atom. The molecule has 2 aromatic rings. The molecule has 6 nitrogen and oxygen atoms in total. The molecule has 2 unspecified atom stereocenters. The van der Waals surface area contributed by atoms with Crippen LogP contribution in [-0.2, 0) is 25.1 Å². The lowest BCUT2D eigenvalue weighted by Crippen LogP contribution is -2.42. The standard InChI is InChI=1S/C23H18Cl2F6N2O4S/c1-12-6-13(2-3-18(12)38(35,36)19-4-5-33(20(19)34)11-22(26,27)28)17-10-21(37-32-17,23(29,30)31)14-7-15(24)9-16(25)8-14/h2-3,6-9,19H,4-5,10-11H2,1H3. The lowest BCUT2D eigenvalue weighted by molar-refractivity contribution is -0.275. The van der Waals surface area contributed by atoms with Gasteiger partial charge in [0, 0.05) is 28.6 Å². The zero-order chi connectivity index (χ0) is 28.3. The Labute approximate surface area is 223 Å². The topological polar surface area (TPSA) is 76.0 Å². The molecular formula is C23H18Cl2F6N2O4S. The maximum Gasteiger partial charge on any atom is 0.435 e. The van der Waals surface area contributed by atoms with Crippen LogP contribution in [0.3, 0.4) is 0 Å². The normalized spacial score (nSPS) is 22.6. The first-order valence-electron chi connectivity index (χ1n) is 10.9. The highest BCUT2D eigenvalue weighted by atomic mass is 35.5. The second-order valence-electron chi connectivity index (χ2n) is 8.97. The number of sulfone groups is 1. The van der Waals surface area contributed by atoms with Crippen molar-refractivity contribution in [3.05, 3.63) is 63.1 Å². The Balaban J connectivity index is 1.62. The summed E-state index contributed by atoms with van der Waals surface area (Å²) in [7, 11) is -4.38. The van der Waals surface area contributed by atoms with Gasteiger partial charge in [0.05, 0.1) is 10.6 Å². The number of nitrogens with zero attached hydrogens (tertiary/aromatic N) is 2. The van der Waals surface area contributed by atoms with Crippen LogP contribution in [0.25, 0.3) is 0 Å². The molecule has 15 heteroatoms. The van der Waals surface area contributed by atoms with E-state index in [1.165, 1.54) is 25.1 Å². The third-order valence-corrected chi connectivity index (χ3v) is 9.02. The number of hydrogen-bond acceptors (Lipinski definition) is 5. The molecule has 2 atom stereocenters. The van der Waals surface area contributed by atoms with Gasteiger partial charge in [-0.1, -0.05) is 34.4 Å². The van der Waals surface area contributed by atoms with Gasteiger partial charge in [0.25, 0.3) is 5.60 Å². The van der Waals surface area contributed by atoms with Crippen molar-refractivity contribution in [1.82, 2.24) is 4.90 Å². The van der Waals surface area contributed by atoms with Gasteiger partial charge in [-0.25, -0.2) is 8.42 Å². The molecule has 1 fully saturated rings. The van der Waals surface area contributed by atoms with Crippen molar-refractivity contribution < 1.29 is 44.4 Å². The summed E-state index contributed by atoms with van der Waals surface area (Å²) in [5, 5.41) is 1.83. The van der Waals surface area contributed by atoms with E-state index in [9.17, 15) is 39.6 Å². The van der Waals surface area contributed by atoms with Crippen LogP contribution in [0, 0.1) is 6.92 Å². The van der Waals surface area contributed by atoms with Crippen molar-refractivity contribution in [2.75, 3.05) is 13.1 Å². The Hall–Kier alpha value is -2.51. The zero-order valence-electron chi connectivity index (χ0n) is 19.3. The molecule has 2 heterocycles. The number of amides is 1. The van der Waals surface area contributed by atoms with Gasteiger partial charge < -0.3 is 9.74 Å². The van der Waals surface area contributed by atoms with Gasteiger partial charge in [0.2, 0.25) is 5.91 Å². The smallest absolute Gasteiger partial charge is 0.374 e. The maximum atomic E-state index is 14.2. The summed E-state index contributed by atoms with van der Waals surface area (Å²) < 4.78 is 107. The number of oxime groups is 1. The van der Waals surface area contributed by atoms with E-state index >= 15 is 0 Å². The minimum absolute atomic E-state index is 0.0474. The third-order valence-electron chi connectivity index (χ3n) is 6.32. The summed E-state index contributed by atoms with van der Waals surface area (Å²) in [5.74, 6) is -1.16. The second kappa shape index (κ2) is 9.60. The second-order valence-corrected chi connectivity index (χ2v) is 11.9. The van der Waals surface area contributed by atoms with E-state index in [1.54, 1.807) is 0 Å². The molecule has 1 saturated heterocycles. The lowest BCUT2D eigenvalue weighted by atomic mass is 9.86. The summed E-state index contributed by atoms with van der Waals surface area (Å²) in [6.07, 6.45) is -10.7. The van der Waals surface area contributed by atoms with E-state index in [2.05, 4.69) is 5.16 Å². The fourth-order valence-electron chi connectivity index (χ4n) is 4.52. The van der Waals surface area contributed by atoms with Crippen LogP contribution >= 0.6 is 23.2 Å². The molecule has 0 aromatic heterocycles. The first kappa shape index (κ1) is 28.5. The molecule has 1 amide bonds. The van der Waals surface area contributed by atoms with Crippen molar-refractivity contribution in [2.45, 2.75) is 47.9 Å². The number of halogens is 8. The molecule has 0 aliphatic carbocycles. The third kappa shape index (κ3) is 5.20. The van der Waals surface area contributed by atoms with Gasteiger partial charge in [-0.3, -0.25) is 4.79 Å². The van der Waals surface area contributed by atoms with Crippen LogP contribution in [0.15, 0.2) is 46.4 Å². The molecule has 0 N–H and O–H groups in total. The van der Waals surface area contributed by atoms with E-state index in [0.29, 0.717) is 4.90 Å². The predicted octanol–water partition coefficient (Wildman–Crippen LogP) is 5.82. The van der Waals surface area contributed by atoms with Crippen LogP contribution in [0.2, 0.25) is 10.0 Å². The van der Waals surface area contributed by atoms with Crippen LogP contribution < -0.4 is 0 Å².